The summed E-state index contributed by atoms with van der Waals surface area (Å²) in [6.07, 6.45) is 22.8. The minimum Gasteiger partial charge on any atom is -1.00 e. The van der Waals surface area contributed by atoms with E-state index < -0.39 is 0 Å². The molecule has 0 atom stereocenters. The zero-order valence-corrected chi connectivity index (χ0v) is 18.0. The van der Waals surface area contributed by atoms with Gasteiger partial charge in [-0.25, -0.2) is 0 Å². The number of halogens is 1. The molecule has 0 N–H and O–H groups in total. The quantitative estimate of drug-likeness (QED) is 0.304. The average Bonchev–Trinajstić information content (AvgIpc) is 2.39. The van der Waals surface area contributed by atoms with E-state index in [1.807, 2.05) is 0 Å². The van der Waals surface area contributed by atoms with Crippen LogP contribution in [0.25, 0.3) is 0 Å². The third-order valence-electron chi connectivity index (χ3n) is 3.85. The van der Waals surface area contributed by atoms with Gasteiger partial charge < -0.3 is 17.0 Å². The van der Waals surface area contributed by atoms with Gasteiger partial charge in [-0.05, 0) is 0 Å². The van der Waals surface area contributed by atoms with Crippen LogP contribution in [0, 0.1) is 6.92 Å². The monoisotopic (exact) mass is 355 g/mol. The van der Waals surface area contributed by atoms with E-state index in [9.17, 15) is 0 Å². The van der Waals surface area contributed by atoms with Crippen LogP contribution in [0.15, 0.2) is 0 Å². The molecule has 0 rings (SSSR count). The topological polar surface area (TPSA) is 0 Å². The molecule has 117 valence electrons. The van der Waals surface area contributed by atoms with E-state index in [1.54, 1.807) is 0 Å². The summed E-state index contributed by atoms with van der Waals surface area (Å²) in [6, 6.07) is 0. The molecular formula is C18H37BrNa. The van der Waals surface area contributed by atoms with E-state index in [0.717, 1.165) is 6.42 Å². The van der Waals surface area contributed by atoms with Gasteiger partial charge in [0.05, 0.1) is 0 Å². The molecule has 0 heterocycles. The standard InChI is InChI=1S/C18H37.BrH.Na/c1-3-5-7-9-11-13-15-17-18-16-14-12-10-8-6-4-2;;/h1,3-18H2,2H3;1H;/q;;+1/p-1. The SMILES string of the molecule is [Br-].[CH2]CCCCCCCCCCCCCCCCC.[Na+]. The Hall–Kier alpha value is 1.48. The molecule has 1 radical (unpaired) electrons. The third kappa shape index (κ3) is 24.5. The predicted molar refractivity (Wildman–Crippen MR) is 84.9 cm³/mol. The van der Waals surface area contributed by atoms with Crippen molar-refractivity contribution in [2.45, 2.75) is 110 Å². The van der Waals surface area contributed by atoms with Crippen LogP contribution in [0.1, 0.15) is 110 Å². The molecule has 0 aromatic heterocycles. The molecule has 0 aromatic carbocycles. The molecule has 0 aliphatic heterocycles. The second-order valence-electron chi connectivity index (χ2n) is 5.80. The largest absolute Gasteiger partial charge is 1.00 e. The summed E-state index contributed by atoms with van der Waals surface area (Å²) < 4.78 is 0. The molecular weight excluding hydrogens is 319 g/mol. The first-order valence-corrected chi connectivity index (χ1v) is 8.71. The van der Waals surface area contributed by atoms with Crippen molar-refractivity contribution in [2.75, 3.05) is 0 Å². The van der Waals surface area contributed by atoms with E-state index in [1.165, 1.54) is 96.3 Å². The van der Waals surface area contributed by atoms with Crippen LogP contribution in [0.3, 0.4) is 0 Å². The Labute approximate surface area is 162 Å². The minimum absolute atomic E-state index is 0. The van der Waals surface area contributed by atoms with Gasteiger partial charge in [0.15, 0.2) is 0 Å². The Morgan fingerprint density at radius 3 is 1.00 bits per heavy atom. The molecule has 0 aliphatic carbocycles. The van der Waals surface area contributed by atoms with Gasteiger partial charge in [0.2, 0.25) is 0 Å². The Kier molecular flexibility index (Phi) is 33.5. The second kappa shape index (κ2) is 25.4. The van der Waals surface area contributed by atoms with Crippen molar-refractivity contribution in [3.05, 3.63) is 6.92 Å². The molecule has 0 unspecified atom stereocenters. The maximum Gasteiger partial charge on any atom is 1.00 e. The van der Waals surface area contributed by atoms with E-state index in [2.05, 4.69) is 13.8 Å². The van der Waals surface area contributed by atoms with E-state index in [0.29, 0.717) is 0 Å². The van der Waals surface area contributed by atoms with E-state index in [-0.39, 0.29) is 46.5 Å². The molecule has 0 amide bonds. The Bertz CT molecular complexity index is 123. The maximum absolute atomic E-state index is 3.88. The Morgan fingerprint density at radius 1 is 0.500 bits per heavy atom. The van der Waals surface area contributed by atoms with Crippen LogP contribution in [-0.4, -0.2) is 0 Å². The summed E-state index contributed by atoms with van der Waals surface area (Å²) in [5.41, 5.74) is 0. The van der Waals surface area contributed by atoms with Gasteiger partial charge in [-0.15, -0.1) is 0 Å². The summed E-state index contributed by atoms with van der Waals surface area (Å²) in [4.78, 5) is 0. The van der Waals surface area contributed by atoms with Crippen LogP contribution >= 0.6 is 0 Å². The summed E-state index contributed by atoms with van der Waals surface area (Å²) in [6.45, 7) is 6.18. The van der Waals surface area contributed by atoms with Gasteiger partial charge in [-0.3, -0.25) is 0 Å². The van der Waals surface area contributed by atoms with Crippen LogP contribution in [0.2, 0.25) is 0 Å². The molecule has 0 spiro atoms. The fourth-order valence-electron chi connectivity index (χ4n) is 2.55. The van der Waals surface area contributed by atoms with Crippen molar-refractivity contribution in [2.24, 2.45) is 0 Å². The van der Waals surface area contributed by atoms with Gasteiger partial charge >= 0.3 is 29.6 Å². The van der Waals surface area contributed by atoms with Crippen LogP contribution in [0.4, 0.5) is 0 Å². The van der Waals surface area contributed by atoms with Gasteiger partial charge in [0, 0.05) is 0 Å². The molecule has 0 aromatic rings. The van der Waals surface area contributed by atoms with Crippen LogP contribution in [-0.2, 0) is 0 Å². The zero-order valence-electron chi connectivity index (χ0n) is 14.4. The van der Waals surface area contributed by atoms with Gasteiger partial charge in [-0.1, -0.05) is 117 Å². The first kappa shape index (κ1) is 26.4. The van der Waals surface area contributed by atoms with Crippen molar-refractivity contribution in [3.8, 4) is 0 Å². The van der Waals surface area contributed by atoms with Crippen molar-refractivity contribution in [3.63, 3.8) is 0 Å². The normalized spacial score (nSPS) is 9.90. The van der Waals surface area contributed by atoms with Crippen molar-refractivity contribution < 1.29 is 46.5 Å². The van der Waals surface area contributed by atoms with Crippen LogP contribution in [0.5, 0.6) is 0 Å². The fraction of sp³-hybridized carbons (Fsp3) is 0.944. The van der Waals surface area contributed by atoms with Gasteiger partial charge in [0.1, 0.15) is 0 Å². The van der Waals surface area contributed by atoms with Crippen molar-refractivity contribution in [1.29, 1.82) is 0 Å². The molecule has 0 saturated carbocycles. The fourth-order valence-corrected chi connectivity index (χ4v) is 2.55. The number of rotatable bonds is 15. The second-order valence-corrected chi connectivity index (χ2v) is 5.80. The Morgan fingerprint density at radius 2 is 0.750 bits per heavy atom. The molecule has 0 nitrogen and oxygen atoms in total. The number of hydrogen-bond donors (Lipinski definition) is 0. The molecule has 20 heavy (non-hydrogen) atoms. The number of unbranched alkanes of at least 4 members (excludes halogenated alkanes) is 15. The predicted octanol–water partition coefficient (Wildman–Crippen LogP) is 1.09. The van der Waals surface area contributed by atoms with Crippen molar-refractivity contribution >= 4 is 0 Å². The summed E-state index contributed by atoms with van der Waals surface area (Å²) in [7, 11) is 0. The van der Waals surface area contributed by atoms with Crippen LogP contribution < -0.4 is 46.5 Å². The van der Waals surface area contributed by atoms with E-state index in [4.69, 9.17) is 0 Å². The summed E-state index contributed by atoms with van der Waals surface area (Å²) in [5.74, 6) is 0. The third-order valence-corrected chi connectivity index (χ3v) is 3.85. The first-order chi connectivity index (χ1) is 8.91. The van der Waals surface area contributed by atoms with E-state index >= 15 is 0 Å². The summed E-state index contributed by atoms with van der Waals surface area (Å²) in [5, 5.41) is 0. The maximum atomic E-state index is 3.88. The average molecular weight is 356 g/mol. The molecule has 0 bridgehead atoms. The van der Waals surface area contributed by atoms with Gasteiger partial charge in [-0.2, -0.15) is 0 Å². The molecule has 0 aliphatic rings. The summed E-state index contributed by atoms with van der Waals surface area (Å²) >= 11 is 0. The Balaban J connectivity index is -0.00000144. The molecule has 2 heteroatoms. The number of hydrogen-bond acceptors (Lipinski definition) is 0. The van der Waals surface area contributed by atoms with Crippen molar-refractivity contribution in [1.82, 2.24) is 0 Å². The smallest absolute Gasteiger partial charge is 1.00 e. The molecule has 0 fully saturated rings. The minimum atomic E-state index is 0. The van der Waals surface area contributed by atoms with Gasteiger partial charge in [0.25, 0.3) is 0 Å². The zero-order chi connectivity index (χ0) is 13.3. The molecule has 0 saturated heterocycles. The first-order valence-electron chi connectivity index (χ1n) is 8.71.